The van der Waals surface area contributed by atoms with Crippen molar-refractivity contribution in [1.82, 2.24) is 4.31 Å². The molecular formula is C12H16F3NO3S. The minimum atomic E-state index is -4.61. The fourth-order valence-corrected chi connectivity index (χ4v) is 3.26. The molecule has 20 heavy (non-hydrogen) atoms. The van der Waals surface area contributed by atoms with Crippen LogP contribution in [0.1, 0.15) is 16.7 Å². The molecule has 0 bridgehead atoms. The minimum absolute atomic E-state index is 0.215. The molecule has 0 unspecified atom stereocenters. The Balaban J connectivity index is 3.32. The lowest BCUT2D eigenvalue weighted by atomic mass is 10.1. The summed E-state index contributed by atoms with van der Waals surface area (Å²) in [4.78, 5) is -0.215. The summed E-state index contributed by atoms with van der Waals surface area (Å²) in [5.41, 5.74) is 1.30. The second-order valence-corrected chi connectivity index (χ2v) is 6.58. The molecule has 1 rings (SSSR count). The van der Waals surface area contributed by atoms with Crippen molar-refractivity contribution in [3.05, 3.63) is 28.8 Å². The Morgan fingerprint density at radius 1 is 1.25 bits per heavy atom. The first kappa shape index (κ1) is 16.9. The van der Waals surface area contributed by atoms with E-state index in [0.717, 1.165) is 7.05 Å². The van der Waals surface area contributed by atoms with Crippen LogP contribution in [0.4, 0.5) is 13.2 Å². The van der Waals surface area contributed by atoms with E-state index >= 15 is 0 Å². The van der Waals surface area contributed by atoms with E-state index in [2.05, 4.69) is 0 Å². The number of benzene rings is 1. The lowest BCUT2D eigenvalue weighted by Crippen LogP contribution is -2.36. The van der Waals surface area contributed by atoms with Crippen LogP contribution in [0.25, 0.3) is 0 Å². The van der Waals surface area contributed by atoms with Gasteiger partial charge < -0.3 is 5.11 Å². The lowest BCUT2D eigenvalue weighted by Gasteiger charge is -2.21. The molecule has 0 aliphatic carbocycles. The summed E-state index contributed by atoms with van der Waals surface area (Å²) in [7, 11) is -3.38. The largest absolute Gasteiger partial charge is 0.402 e. The van der Waals surface area contributed by atoms with Gasteiger partial charge in [-0.1, -0.05) is 6.07 Å². The molecule has 1 N–H and O–H groups in total. The maximum Gasteiger partial charge on any atom is 0.402 e. The first-order valence-electron chi connectivity index (χ1n) is 5.73. The molecule has 0 fully saturated rings. The van der Waals surface area contributed by atoms with Gasteiger partial charge in [0.05, 0.1) is 11.5 Å². The summed E-state index contributed by atoms with van der Waals surface area (Å²) in [6.07, 6.45) is -4.61. The number of hydrogen-bond acceptors (Lipinski definition) is 3. The number of rotatable bonds is 4. The summed E-state index contributed by atoms with van der Waals surface area (Å²) >= 11 is 0. The molecule has 0 aliphatic heterocycles. The number of aliphatic hydroxyl groups is 1. The van der Waals surface area contributed by atoms with Gasteiger partial charge in [0.25, 0.3) is 0 Å². The van der Waals surface area contributed by atoms with Gasteiger partial charge in [-0.2, -0.15) is 17.5 Å². The Hall–Kier alpha value is -1.12. The maximum absolute atomic E-state index is 12.3. The third kappa shape index (κ3) is 3.71. The predicted octanol–water partition coefficient (Wildman–Crippen LogP) is 1.98. The molecule has 4 nitrogen and oxygen atoms in total. The van der Waals surface area contributed by atoms with Gasteiger partial charge >= 0.3 is 6.18 Å². The van der Waals surface area contributed by atoms with Crippen LogP contribution in [0, 0.1) is 13.8 Å². The van der Waals surface area contributed by atoms with Crippen molar-refractivity contribution < 1.29 is 26.7 Å². The summed E-state index contributed by atoms with van der Waals surface area (Å²) in [6, 6.07) is 2.79. The second-order valence-electron chi connectivity index (χ2n) is 4.57. The Kier molecular flexibility index (Phi) is 4.83. The van der Waals surface area contributed by atoms with Crippen LogP contribution in [0.2, 0.25) is 0 Å². The van der Waals surface area contributed by atoms with E-state index in [1.807, 2.05) is 0 Å². The van der Waals surface area contributed by atoms with E-state index < -0.39 is 22.7 Å². The van der Waals surface area contributed by atoms with Crippen molar-refractivity contribution in [2.45, 2.75) is 31.5 Å². The minimum Gasteiger partial charge on any atom is -0.392 e. The van der Waals surface area contributed by atoms with Crippen LogP contribution >= 0.6 is 0 Å². The highest BCUT2D eigenvalue weighted by Gasteiger charge is 2.35. The molecule has 0 saturated heterocycles. The molecule has 0 amide bonds. The van der Waals surface area contributed by atoms with Gasteiger partial charge in [-0.25, -0.2) is 8.42 Å². The number of aryl methyl sites for hydroxylation is 1. The SMILES string of the molecule is Cc1cc(CO)cc(S(=O)(=O)N(C)CC(F)(F)F)c1C. The van der Waals surface area contributed by atoms with Gasteiger partial charge in [0, 0.05) is 7.05 Å². The quantitative estimate of drug-likeness (QED) is 0.925. The van der Waals surface area contributed by atoms with Crippen LogP contribution in [0.15, 0.2) is 17.0 Å². The fraction of sp³-hybridized carbons (Fsp3) is 0.500. The molecule has 0 atom stereocenters. The zero-order chi connectivity index (χ0) is 15.7. The highest BCUT2D eigenvalue weighted by atomic mass is 32.2. The van der Waals surface area contributed by atoms with E-state index in [1.54, 1.807) is 13.0 Å². The number of nitrogens with zero attached hydrogens (tertiary/aromatic N) is 1. The van der Waals surface area contributed by atoms with Crippen molar-refractivity contribution in [3.63, 3.8) is 0 Å². The monoisotopic (exact) mass is 311 g/mol. The van der Waals surface area contributed by atoms with Crippen molar-refractivity contribution >= 4 is 10.0 Å². The summed E-state index contributed by atoms with van der Waals surface area (Å²) in [6.45, 7) is 1.21. The van der Waals surface area contributed by atoms with Gasteiger partial charge in [0.2, 0.25) is 10.0 Å². The van der Waals surface area contributed by atoms with E-state index in [1.165, 1.54) is 13.0 Å². The summed E-state index contributed by atoms with van der Waals surface area (Å²) in [5.74, 6) is 0. The molecular weight excluding hydrogens is 295 g/mol. The van der Waals surface area contributed by atoms with Gasteiger partial charge in [-0.05, 0) is 36.6 Å². The Morgan fingerprint density at radius 2 is 1.80 bits per heavy atom. The topological polar surface area (TPSA) is 57.6 Å². The molecule has 1 aromatic rings. The van der Waals surface area contributed by atoms with Crippen molar-refractivity contribution in [2.24, 2.45) is 0 Å². The number of halogens is 3. The zero-order valence-corrected chi connectivity index (χ0v) is 12.1. The third-order valence-electron chi connectivity index (χ3n) is 2.95. The average Bonchev–Trinajstić information content (AvgIpc) is 2.29. The zero-order valence-electron chi connectivity index (χ0n) is 11.3. The third-order valence-corrected chi connectivity index (χ3v) is 4.88. The molecule has 114 valence electrons. The molecule has 0 aromatic heterocycles. The van der Waals surface area contributed by atoms with Crippen LogP contribution in [0.5, 0.6) is 0 Å². The van der Waals surface area contributed by atoms with E-state index in [9.17, 15) is 21.6 Å². The number of hydrogen-bond donors (Lipinski definition) is 1. The predicted molar refractivity (Wildman–Crippen MR) is 67.7 cm³/mol. The van der Waals surface area contributed by atoms with Crippen LogP contribution in [0.3, 0.4) is 0 Å². The molecule has 0 spiro atoms. The summed E-state index contributed by atoms with van der Waals surface area (Å²) in [5, 5.41) is 9.08. The van der Waals surface area contributed by atoms with Crippen LogP contribution in [-0.2, 0) is 16.6 Å². The molecule has 1 aromatic carbocycles. The summed E-state index contributed by atoms with van der Waals surface area (Å²) < 4.78 is 61.6. The van der Waals surface area contributed by atoms with Gasteiger partial charge in [-0.3, -0.25) is 0 Å². The normalized spacial score (nSPS) is 13.0. The molecule has 0 aliphatic rings. The molecule has 0 radical (unpaired) electrons. The van der Waals surface area contributed by atoms with Gasteiger partial charge in [0.1, 0.15) is 6.54 Å². The van der Waals surface area contributed by atoms with Crippen molar-refractivity contribution in [1.29, 1.82) is 0 Å². The van der Waals surface area contributed by atoms with Crippen LogP contribution in [-0.4, -0.2) is 37.6 Å². The van der Waals surface area contributed by atoms with E-state index in [4.69, 9.17) is 5.11 Å². The maximum atomic E-state index is 12.3. The number of aliphatic hydroxyl groups excluding tert-OH is 1. The highest BCUT2D eigenvalue weighted by Crippen LogP contribution is 2.26. The Labute approximate surface area is 115 Å². The highest BCUT2D eigenvalue weighted by molar-refractivity contribution is 7.89. The van der Waals surface area contributed by atoms with Gasteiger partial charge in [-0.15, -0.1) is 0 Å². The van der Waals surface area contributed by atoms with E-state index in [0.29, 0.717) is 16.7 Å². The number of alkyl halides is 3. The molecule has 8 heteroatoms. The Morgan fingerprint density at radius 3 is 2.25 bits per heavy atom. The van der Waals surface area contributed by atoms with Crippen LogP contribution < -0.4 is 0 Å². The molecule has 0 heterocycles. The second kappa shape index (κ2) is 5.71. The first-order valence-corrected chi connectivity index (χ1v) is 7.17. The fourth-order valence-electron chi connectivity index (χ4n) is 1.76. The number of sulfonamides is 1. The van der Waals surface area contributed by atoms with Crippen molar-refractivity contribution in [2.75, 3.05) is 13.6 Å². The van der Waals surface area contributed by atoms with E-state index in [-0.39, 0.29) is 15.8 Å². The first-order chi connectivity index (χ1) is 8.99. The standard InChI is InChI=1S/C12H16F3NO3S/c1-8-4-10(6-17)5-11(9(8)2)20(18,19)16(3)7-12(13,14)15/h4-5,17H,6-7H2,1-3H3. The van der Waals surface area contributed by atoms with Crippen molar-refractivity contribution in [3.8, 4) is 0 Å². The average molecular weight is 311 g/mol. The lowest BCUT2D eigenvalue weighted by molar-refractivity contribution is -0.134. The Bertz CT molecular complexity index is 597. The van der Waals surface area contributed by atoms with Gasteiger partial charge in [0.15, 0.2) is 0 Å². The molecule has 0 saturated carbocycles. The smallest absolute Gasteiger partial charge is 0.392 e.